The van der Waals surface area contributed by atoms with Gasteiger partial charge in [0.25, 0.3) is 0 Å². The molecular formula is C24H19N. The van der Waals surface area contributed by atoms with Crippen LogP contribution in [0.3, 0.4) is 0 Å². The van der Waals surface area contributed by atoms with Crippen LogP contribution in [0.2, 0.25) is 0 Å². The van der Waals surface area contributed by atoms with E-state index in [-0.39, 0.29) is 0 Å². The maximum Gasteiger partial charge on any atom is 0.0390 e. The normalized spacial score (nSPS) is 12.5. The van der Waals surface area contributed by atoms with Gasteiger partial charge >= 0.3 is 0 Å². The fourth-order valence-electron chi connectivity index (χ4n) is 3.55. The van der Waals surface area contributed by atoms with Crippen molar-refractivity contribution >= 4 is 22.1 Å². The topological polar surface area (TPSA) is 12.0 Å². The predicted molar refractivity (Wildman–Crippen MR) is 107 cm³/mol. The van der Waals surface area contributed by atoms with Crippen LogP contribution < -0.4 is 5.32 Å². The maximum atomic E-state index is 3.51. The Labute approximate surface area is 148 Å². The van der Waals surface area contributed by atoms with Crippen molar-refractivity contribution in [1.29, 1.82) is 0 Å². The summed E-state index contributed by atoms with van der Waals surface area (Å²) in [5.41, 5.74) is 7.85. The second-order valence-electron chi connectivity index (χ2n) is 6.75. The Bertz CT molecular complexity index is 1060. The molecule has 1 heteroatoms. The van der Waals surface area contributed by atoms with Crippen LogP contribution >= 0.6 is 0 Å². The summed E-state index contributed by atoms with van der Waals surface area (Å²) in [6, 6.07) is 30.5. The third-order valence-corrected chi connectivity index (χ3v) is 5.13. The standard InChI is InChI=1S/C24H19N/c1-2-4-20-16-24(14-11-17(20)3-1)25-23-12-9-19(10-13-23)22-8-6-18-5-7-21(18)15-22/h1-4,6,8-16,25H,5,7H2. The molecule has 120 valence electrons. The van der Waals surface area contributed by atoms with Crippen LogP contribution in [0.1, 0.15) is 11.1 Å². The van der Waals surface area contributed by atoms with Crippen molar-refractivity contribution in [3.63, 3.8) is 0 Å². The average molecular weight is 321 g/mol. The molecule has 4 aromatic carbocycles. The number of rotatable bonds is 3. The molecule has 1 aliphatic rings. The van der Waals surface area contributed by atoms with Gasteiger partial charge < -0.3 is 5.32 Å². The third kappa shape index (κ3) is 2.68. The van der Waals surface area contributed by atoms with Crippen LogP contribution in [0.25, 0.3) is 21.9 Å². The largest absolute Gasteiger partial charge is 0.356 e. The van der Waals surface area contributed by atoms with E-state index < -0.39 is 0 Å². The highest BCUT2D eigenvalue weighted by Crippen LogP contribution is 2.30. The molecular weight excluding hydrogens is 302 g/mol. The molecule has 1 aliphatic carbocycles. The Balaban J connectivity index is 1.39. The van der Waals surface area contributed by atoms with Crippen LogP contribution in [0.5, 0.6) is 0 Å². The van der Waals surface area contributed by atoms with Crippen LogP contribution in [0.15, 0.2) is 84.9 Å². The quantitative estimate of drug-likeness (QED) is 0.463. The van der Waals surface area contributed by atoms with Gasteiger partial charge in [-0.05, 0) is 70.1 Å². The van der Waals surface area contributed by atoms with E-state index in [1.807, 2.05) is 0 Å². The van der Waals surface area contributed by atoms with Gasteiger partial charge in [0.15, 0.2) is 0 Å². The second-order valence-corrected chi connectivity index (χ2v) is 6.75. The first-order valence-corrected chi connectivity index (χ1v) is 8.83. The Hall–Kier alpha value is -3.06. The highest BCUT2D eigenvalue weighted by molar-refractivity contribution is 5.86. The molecule has 0 aliphatic heterocycles. The number of aryl methyl sites for hydroxylation is 2. The van der Waals surface area contributed by atoms with Crippen molar-refractivity contribution in [2.45, 2.75) is 12.8 Å². The molecule has 0 atom stereocenters. The molecule has 0 fully saturated rings. The van der Waals surface area contributed by atoms with Gasteiger partial charge in [0, 0.05) is 11.4 Å². The summed E-state index contributed by atoms with van der Waals surface area (Å²) < 4.78 is 0. The van der Waals surface area contributed by atoms with Gasteiger partial charge in [-0.15, -0.1) is 0 Å². The summed E-state index contributed by atoms with van der Waals surface area (Å²) in [7, 11) is 0. The zero-order chi connectivity index (χ0) is 16.6. The summed E-state index contributed by atoms with van der Waals surface area (Å²) in [6.45, 7) is 0. The minimum Gasteiger partial charge on any atom is -0.356 e. The number of nitrogens with one attached hydrogen (secondary N) is 1. The van der Waals surface area contributed by atoms with Crippen molar-refractivity contribution in [1.82, 2.24) is 0 Å². The van der Waals surface area contributed by atoms with Crippen molar-refractivity contribution in [3.05, 3.63) is 96.1 Å². The van der Waals surface area contributed by atoms with E-state index in [4.69, 9.17) is 0 Å². The molecule has 0 radical (unpaired) electrons. The Morgan fingerprint density at radius 3 is 2.00 bits per heavy atom. The van der Waals surface area contributed by atoms with E-state index in [0.717, 1.165) is 11.4 Å². The molecule has 5 rings (SSSR count). The zero-order valence-electron chi connectivity index (χ0n) is 14.0. The lowest BCUT2D eigenvalue weighted by Crippen LogP contribution is -2.07. The predicted octanol–water partition coefficient (Wildman–Crippen LogP) is 6.35. The molecule has 0 heterocycles. The van der Waals surface area contributed by atoms with E-state index in [1.165, 1.54) is 45.9 Å². The first-order valence-electron chi connectivity index (χ1n) is 8.83. The molecule has 25 heavy (non-hydrogen) atoms. The number of fused-ring (bicyclic) bond motifs is 2. The first-order chi connectivity index (χ1) is 12.3. The van der Waals surface area contributed by atoms with E-state index >= 15 is 0 Å². The zero-order valence-corrected chi connectivity index (χ0v) is 14.0. The van der Waals surface area contributed by atoms with E-state index in [9.17, 15) is 0 Å². The van der Waals surface area contributed by atoms with Crippen LogP contribution in [0.4, 0.5) is 11.4 Å². The molecule has 0 saturated carbocycles. The minimum absolute atomic E-state index is 1.11. The molecule has 0 unspecified atom stereocenters. The molecule has 1 nitrogen and oxygen atoms in total. The second kappa shape index (κ2) is 5.78. The van der Waals surface area contributed by atoms with Crippen LogP contribution in [-0.4, -0.2) is 0 Å². The molecule has 1 N–H and O–H groups in total. The SMILES string of the molecule is c1ccc2cc(Nc3ccc(-c4ccc5c(c4)CC5)cc3)ccc2c1. The van der Waals surface area contributed by atoms with Gasteiger partial charge in [0.05, 0.1) is 0 Å². The van der Waals surface area contributed by atoms with E-state index in [1.54, 1.807) is 0 Å². The molecule has 0 spiro atoms. The monoisotopic (exact) mass is 321 g/mol. The van der Waals surface area contributed by atoms with Gasteiger partial charge in [0.1, 0.15) is 0 Å². The van der Waals surface area contributed by atoms with Crippen molar-refractivity contribution in [2.75, 3.05) is 5.32 Å². The highest BCUT2D eigenvalue weighted by Gasteiger charge is 2.13. The van der Waals surface area contributed by atoms with E-state index in [0.29, 0.717) is 0 Å². The third-order valence-electron chi connectivity index (χ3n) is 5.13. The highest BCUT2D eigenvalue weighted by atomic mass is 14.9. The number of hydrogen-bond acceptors (Lipinski definition) is 1. The Morgan fingerprint density at radius 2 is 1.24 bits per heavy atom. The van der Waals surface area contributed by atoms with Gasteiger partial charge in [-0.1, -0.05) is 60.7 Å². The number of hydrogen-bond donors (Lipinski definition) is 1. The van der Waals surface area contributed by atoms with Crippen LogP contribution in [-0.2, 0) is 12.8 Å². The molecule has 0 bridgehead atoms. The number of benzene rings is 4. The molecule has 0 saturated heterocycles. The maximum absolute atomic E-state index is 3.51. The molecule has 0 aromatic heterocycles. The van der Waals surface area contributed by atoms with Crippen molar-refractivity contribution in [2.24, 2.45) is 0 Å². The molecule has 4 aromatic rings. The summed E-state index contributed by atoms with van der Waals surface area (Å²) in [6.07, 6.45) is 2.47. The lowest BCUT2D eigenvalue weighted by atomic mass is 9.86. The van der Waals surface area contributed by atoms with Crippen LogP contribution in [0, 0.1) is 0 Å². The summed E-state index contributed by atoms with van der Waals surface area (Å²) in [5, 5.41) is 6.03. The summed E-state index contributed by atoms with van der Waals surface area (Å²) in [5.74, 6) is 0. The van der Waals surface area contributed by atoms with Crippen molar-refractivity contribution in [3.8, 4) is 11.1 Å². The van der Waals surface area contributed by atoms with Gasteiger partial charge in [0.2, 0.25) is 0 Å². The fourth-order valence-corrected chi connectivity index (χ4v) is 3.55. The fraction of sp³-hybridized carbons (Fsp3) is 0.0833. The van der Waals surface area contributed by atoms with Crippen molar-refractivity contribution < 1.29 is 0 Å². The minimum atomic E-state index is 1.11. The van der Waals surface area contributed by atoms with Gasteiger partial charge in [-0.2, -0.15) is 0 Å². The Morgan fingerprint density at radius 1 is 0.520 bits per heavy atom. The first kappa shape index (κ1) is 14.3. The Kier molecular flexibility index (Phi) is 3.31. The molecule has 0 amide bonds. The average Bonchev–Trinajstić information content (AvgIpc) is 2.63. The van der Waals surface area contributed by atoms with Gasteiger partial charge in [-0.3, -0.25) is 0 Å². The smallest absolute Gasteiger partial charge is 0.0390 e. The lowest BCUT2D eigenvalue weighted by molar-refractivity contribution is 0.840. The summed E-state index contributed by atoms with van der Waals surface area (Å²) >= 11 is 0. The lowest BCUT2D eigenvalue weighted by Gasteiger charge is -2.19. The van der Waals surface area contributed by atoms with E-state index in [2.05, 4.69) is 90.2 Å². The van der Waals surface area contributed by atoms with Gasteiger partial charge in [-0.25, -0.2) is 0 Å². The summed E-state index contributed by atoms with van der Waals surface area (Å²) in [4.78, 5) is 0. The number of anilines is 2.